The maximum absolute atomic E-state index is 11.7. The summed E-state index contributed by atoms with van der Waals surface area (Å²) in [6, 6.07) is 13.7. The first-order valence-electron chi connectivity index (χ1n) is 11.8. The van der Waals surface area contributed by atoms with Gasteiger partial charge in [0, 0.05) is 43.6 Å². The van der Waals surface area contributed by atoms with E-state index < -0.39 is 16.6 Å². The second kappa shape index (κ2) is 10.9. The van der Waals surface area contributed by atoms with Gasteiger partial charge in [0.25, 0.3) is 0 Å². The van der Waals surface area contributed by atoms with Gasteiger partial charge in [-0.3, -0.25) is 9.11 Å². The fourth-order valence-electron chi connectivity index (χ4n) is 4.58. The Morgan fingerprint density at radius 1 is 1.18 bits per heavy atom. The molecule has 1 aliphatic rings. The molecule has 2 aromatic carbocycles. The zero-order chi connectivity index (χ0) is 24.9. The Labute approximate surface area is 205 Å². The van der Waals surface area contributed by atoms with Crippen molar-refractivity contribution in [1.29, 1.82) is 0 Å². The molecule has 0 radical (unpaired) electrons. The van der Waals surface area contributed by atoms with Crippen LogP contribution in [0.1, 0.15) is 39.5 Å². The van der Waals surface area contributed by atoms with Crippen molar-refractivity contribution in [3.63, 3.8) is 0 Å². The molecule has 0 saturated heterocycles. The van der Waals surface area contributed by atoms with Crippen molar-refractivity contribution in [2.45, 2.75) is 44.4 Å². The average molecular weight is 491 g/mol. The molecule has 8 heteroatoms. The van der Waals surface area contributed by atoms with Gasteiger partial charge in [-0.2, -0.15) is 10.6 Å². The van der Waals surface area contributed by atoms with Crippen LogP contribution < -0.4 is 14.5 Å². The third-order valence-corrected chi connectivity index (χ3v) is 8.66. The predicted molar refractivity (Wildman–Crippen MR) is 140 cm³/mol. The molecule has 7 nitrogen and oxygen atoms in total. The number of para-hydroxylation sites is 1. The van der Waals surface area contributed by atoms with E-state index in [0.29, 0.717) is 22.9 Å². The molecule has 1 aliphatic heterocycles. The van der Waals surface area contributed by atoms with Crippen LogP contribution in [0.4, 0.5) is 17.1 Å². The Bertz CT molecular complexity index is 983. The normalized spacial score (nSPS) is 20.1. The lowest BCUT2D eigenvalue weighted by atomic mass is 9.81. The summed E-state index contributed by atoms with van der Waals surface area (Å²) in [6.45, 7) is 4.73. The molecule has 2 aromatic rings. The van der Waals surface area contributed by atoms with Crippen LogP contribution in [0.15, 0.2) is 47.4 Å². The zero-order valence-electron chi connectivity index (χ0n) is 20.9. The number of nitrogens with zero attached hydrogens (tertiary/aromatic N) is 2. The summed E-state index contributed by atoms with van der Waals surface area (Å²) >= 11 is 0. The third-order valence-electron chi connectivity index (χ3n) is 6.62. The van der Waals surface area contributed by atoms with Crippen LogP contribution in [0.3, 0.4) is 0 Å². The second-order valence-corrected chi connectivity index (χ2v) is 11.3. The van der Waals surface area contributed by atoms with E-state index in [1.807, 2.05) is 43.3 Å². The van der Waals surface area contributed by atoms with Crippen LogP contribution in [-0.2, 0) is 9.53 Å². The summed E-state index contributed by atoms with van der Waals surface area (Å²) in [5, 5.41) is 0. The van der Waals surface area contributed by atoms with Gasteiger partial charge < -0.3 is 19.3 Å². The van der Waals surface area contributed by atoms with Gasteiger partial charge in [0.05, 0.1) is 23.4 Å². The van der Waals surface area contributed by atoms with E-state index >= 15 is 0 Å². The average Bonchev–Trinajstić information content (AvgIpc) is 2.93. The minimum absolute atomic E-state index is 0.255. The van der Waals surface area contributed by atoms with Gasteiger partial charge in [-0.05, 0) is 31.0 Å². The molecule has 34 heavy (non-hydrogen) atoms. The maximum atomic E-state index is 11.7. The second-order valence-electron chi connectivity index (χ2n) is 9.24. The van der Waals surface area contributed by atoms with E-state index in [1.54, 1.807) is 6.07 Å². The third kappa shape index (κ3) is 5.62. The van der Waals surface area contributed by atoms with Gasteiger partial charge in [-0.15, -0.1) is 0 Å². The smallest absolute Gasteiger partial charge is 0.343 e. The molecule has 0 spiro atoms. The standard InChI is InChI=1S/C26H38N2O5S/c1-6-8-14-26(7-2)18-28(20-12-10-9-11-13-20)22-15-21(27(3)4)23(33-17-25(29)32-5)16-24(22)34(30,31)19-26/h9-13,15-16,30-31H,6-8,14,17-19H2,1-5H3. The van der Waals surface area contributed by atoms with E-state index in [4.69, 9.17) is 9.47 Å². The Morgan fingerprint density at radius 2 is 1.88 bits per heavy atom. The molecule has 1 heterocycles. The summed E-state index contributed by atoms with van der Waals surface area (Å²) in [6.07, 6.45) is 3.83. The topological polar surface area (TPSA) is 82.5 Å². The molecule has 0 saturated carbocycles. The minimum Gasteiger partial charge on any atom is -0.480 e. The van der Waals surface area contributed by atoms with Crippen LogP contribution in [-0.4, -0.2) is 55.2 Å². The number of hydrogen-bond donors (Lipinski definition) is 2. The molecule has 0 aliphatic carbocycles. The summed E-state index contributed by atoms with van der Waals surface area (Å²) in [5.41, 5.74) is 2.25. The summed E-state index contributed by atoms with van der Waals surface area (Å²) < 4.78 is 33.6. The van der Waals surface area contributed by atoms with Crippen LogP contribution >= 0.6 is 10.6 Å². The fraction of sp³-hybridized carbons (Fsp3) is 0.500. The SMILES string of the molecule is CCCCC1(CC)CN(c2ccccc2)c2cc(N(C)C)c(OCC(=O)OC)cc2S(O)(O)C1. The Kier molecular flexibility index (Phi) is 8.38. The van der Waals surface area contributed by atoms with E-state index in [-0.39, 0.29) is 12.0 Å². The van der Waals surface area contributed by atoms with E-state index in [2.05, 4.69) is 30.9 Å². The van der Waals surface area contributed by atoms with Gasteiger partial charge in [0.2, 0.25) is 0 Å². The summed E-state index contributed by atoms with van der Waals surface area (Å²) in [7, 11) is 1.96. The van der Waals surface area contributed by atoms with E-state index in [9.17, 15) is 13.9 Å². The van der Waals surface area contributed by atoms with Crippen LogP contribution in [0.2, 0.25) is 0 Å². The van der Waals surface area contributed by atoms with E-state index in [1.165, 1.54) is 7.11 Å². The minimum atomic E-state index is -3.13. The number of esters is 1. The predicted octanol–water partition coefficient (Wildman–Crippen LogP) is 6.15. The quantitative estimate of drug-likeness (QED) is 0.408. The number of anilines is 3. The first-order chi connectivity index (χ1) is 16.2. The lowest BCUT2D eigenvalue weighted by Crippen LogP contribution is -2.37. The molecular weight excluding hydrogens is 452 g/mol. The van der Waals surface area contributed by atoms with Gasteiger partial charge in [-0.1, -0.05) is 44.9 Å². The molecule has 3 rings (SSSR count). The Balaban J connectivity index is 2.22. The monoisotopic (exact) mass is 490 g/mol. The maximum Gasteiger partial charge on any atom is 0.343 e. The van der Waals surface area contributed by atoms with Crippen molar-refractivity contribution in [3.05, 3.63) is 42.5 Å². The number of unbranched alkanes of at least 4 members (excludes halogenated alkanes) is 1. The molecule has 0 bridgehead atoms. The number of methoxy groups -OCH3 is 1. The Morgan fingerprint density at radius 3 is 2.47 bits per heavy atom. The summed E-state index contributed by atoms with van der Waals surface area (Å²) in [4.78, 5) is 16.3. The number of ether oxygens (including phenoxy) is 2. The number of rotatable bonds is 9. The van der Waals surface area contributed by atoms with Crippen molar-refractivity contribution in [2.24, 2.45) is 5.41 Å². The van der Waals surface area contributed by atoms with Gasteiger partial charge in [0.15, 0.2) is 6.61 Å². The van der Waals surface area contributed by atoms with E-state index in [0.717, 1.165) is 42.7 Å². The first kappa shape index (κ1) is 26.2. The van der Waals surface area contributed by atoms with Crippen molar-refractivity contribution in [2.75, 3.05) is 49.9 Å². The van der Waals surface area contributed by atoms with Crippen molar-refractivity contribution < 1.29 is 23.4 Å². The van der Waals surface area contributed by atoms with Crippen LogP contribution in [0, 0.1) is 5.41 Å². The molecule has 0 fully saturated rings. The van der Waals surface area contributed by atoms with Gasteiger partial charge >= 0.3 is 5.97 Å². The number of hydrogen-bond acceptors (Lipinski definition) is 7. The highest BCUT2D eigenvalue weighted by atomic mass is 32.3. The molecular formula is C26H38N2O5S. The largest absolute Gasteiger partial charge is 0.480 e. The molecule has 1 atom stereocenters. The highest BCUT2D eigenvalue weighted by Gasteiger charge is 2.42. The van der Waals surface area contributed by atoms with Crippen LogP contribution in [0.5, 0.6) is 5.75 Å². The van der Waals surface area contributed by atoms with Crippen LogP contribution in [0.25, 0.3) is 0 Å². The number of carbonyl (C=O) groups excluding carboxylic acids is 1. The first-order valence-corrected chi connectivity index (χ1v) is 13.5. The number of benzene rings is 2. The number of carbonyl (C=O) groups is 1. The highest BCUT2D eigenvalue weighted by Crippen LogP contribution is 2.62. The van der Waals surface area contributed by atoms with Crippen molar-refractivity contribution >= 4 is 33.6 Å². The molecule has 0 amide bonds. The molecule has 2 N–H and O–H groups in total. The lowest BCUT2D eigenvalue weighted by molar-refractivity contribution is -0.142. The number of fused-ring (bicyclic) bond motifs is 1. The summed E-state index contributed by atoms with van der Waals surface area (Å²) in [5.74, 6) is 0.214. The molecule has 188 valence electrons. The highest BCUT2D eigenvalue weighted by molar-refractivity contribution is 8.24. The Hall–Kier alpha value is -2.42. The fourth-order valence-corrected chi connectivity index (χ4v) is 6.82. The molecule has 0 aromatic heterocycles. The zero-order valence-corrected chi connectivity index (χ0v) is 21.7. The van der Waals surface area contributed by atoms with Crippen molar-refractivity contribution in [1.82, 2.24) is 0 Å². The lowest BCUT2D eigenvalue weighted by Gasteiger charge is -2.41. The van der Waals surface area contributed by atoms with Gasteiger partial charge in [-0.25, -0.2) is 4.79 Å². The van der Waals surface area contributed by atoms with Crippen molar-refractivity contribution in [3.8, 4) is 5.75 Å². The van der Waals surface area contributed by atoms with Gasteiger partial charge in [0.1, 0.15) is 5.75 Å². The molecule has 1 unspecified atom stereocenters.